The van der Waals surface area contributed by atoms with Crippen LogP contribution in [0.5, 0.6) is 0 Å². The van der Waals surface area contributed by atoms with Crippen LogP contribution in [-0.2, 0) is 11.3 Å². The summed E-state index contributed by atoms with van der Waals surface area (Å²) in [6.45, 7) is -0.155. The summed E-state index contributed by atoms with van der Waals surface area (Å²) in [6.07, 6.45) is 0. The van der Waals surface area contributed by atoms with E-state index < -0.39 is 17.6 Å². The van der Waals surface area contributed by atoms with Crippen LogP contribution in [0.3, 0.4) is 0 Å². The molecule has 0 N–H and O–H groups in total. The van der Waals surface area contributed by atoms with Crippen LogP contribution in [0.25, 0.3) is 11.3 Å². The van der Waals surface area contributed by atoms with E-state index in [4.69, 9.17) is 20.9 Å². The van der Waals surface area contributed by atoms with E-state index in [9.17, 15) is 13.6 Å². The zero-order valence-electron chi connectivity index (χ0n) is 12.1. The van der Waals surface area contributed by atoms with E-state index in [1.807, 2.05) is 0 Å². The molecule has 3 rings (SSSR count). The second-order valence-electron chi connectivity index (χ2n) is 4.89. The summed E-state index contributed by atoms with van der Waals surface area (Å²) in [5, 5.41) is 4.12. The highest BCUT2D eigenvalue weighted by atomic mass is 35.5. The molecular formula is C17H10ClF2NO3. The Bertz CT molecular complexity index is 895. The second-order valence-corrected chi connectivity index (χ2v) is 5.33. The highest BCUT2D eigenvalue weighted by Gasteiger charge is 2.14. The van der Waals surface area contributed by atoms with Gasteiger partial charge in [-0.15, -0.1) is 0 Å². The van der Waals surface area contributed by atoms with Gasteiger partial charge in [0.15, 0.2) is 5.76 Å². The van der Waals surface area contributed by atoms with E-state index in [2.05, 4.69) is 5.16 Å². The van der Waals surface area contributed by atoms with Crippen LogP contribution < -0.4 is 0 Å². The zero-order valence-corrected chi connectivity index (χ0v) is 12.9. The normalized spacial score (nSPS) is 10.6. The van der Waals surface area contributed by atoms with E-state index in [0.29, 0.717) is 16.3 Å². The number of rotatable bonds is 4. The van der Waals surface area contributed by atoms with Gasteiger partial charge in [-0.3, -0.25) is 0 Å². The maximum atomic E-state index is 13.7. The number of ether oxygens (including phenoxy) is 1. The largest absolute Gasteiger partial charge is 0.455 e. The molecular weight excluding hydrogens is 340 g/mol. The molecule has 7 heteroatoms. The van der Waals surface area contributed by atoms with Crippen molar-refractivity contribution in [3.05, 3.63) is 76.4 Å². The molecule has 122 valence electrons. The number of hydrogen-bond donors (Lipinski definition) is 0. The first-order chi connectivity index (χ1) is 11.5. The highest BCUT2D eigenvalue weighted by molar-refractivity contribution is 6.30. The number of carbonyl (C=O) groups excluding carboxylic acids is 1. The molecule has 0 aliphatic heterocycles. The lowest BCUT2D eigenvalue weighted by atomic mass is 10.1. The first kappa shape index (κ1) is 16.1. The van der Waals surface area contributed by atoms with E-state index in [1.165, 1.54) is 18.2 Å². The number of carbonyl (C=O) groups is 1. The van der Waals surface area contributed by atoms with Crippen LogP contribution >= 0.6 is 11.6 Å². The Morgan fingerprint density at radius 2 is 2.00 bits per heavy atom. The van der Waals surface area contributed by atoms with E-state index in [0.717, 1.165) is 12.1 Å². The first-order valence-corrected chi connectivity index (χ1v) is 7.24. The predicted octanol–water partition coefficient (Wildman–Crippen LogP) is 4.63. The molecule has 0 amide bonds. The lowest BCUT2D eigenvalue weighted by molar-refractivity contribution is 0.0464. The average Bonchev–Trinajstić information content (AvgIpc) is 3.01. The molecule has 0 bridgehead atoms. The molecule has 0 saturated heterocycles. The van der Waals surface area contributed by atoms with E-state index in [-0.39, 0.29) is 17.9 Å². The van der Waals surface area contributed by atoms with Crippen LogP contribution in [0, 0.1) is 11.6 Å². The minimum absolute atomic E-state index is 0.0660. The van der Waals surface area contributed by atoms with Gasteiger partial charge in [0.1, 0.15) is 23.9 Å². The van der Waals surface area contributed by atoms with Crippen LogP contribution in [0.4, 0.5) is 8.78 Å². The Balaban J connectivity index is 1.69. The number of nitrogens with zero attached hydrogens (tertiary/aromatic N) is 1. The van der Waals surface area contributed by atoms with Gasteiger partial charge in [0.25, 0.3) is 0 Å². The van der Waals surface area contributed by atoms with Crippen molar-refractivity contribution in [2.45, 2.75) is 6.61 Å². The molecule has 0 fully saturated rings. The van der Waals surface area contributed by atoms with Crippen molar-refractivity contribution in [2.24, 2.45) is 0 Å². The van der Waals surface area contributed by atoms with Gasteiger partial charge < -0.3 is 9.26 Å². The number of esters is 1. The van der Waals surface area contributed by atoms with Gasteiger partial charge >= 0.3 is 5.97 Å². The Morgan fingerprint density at radius 3 is 2.75 bits per heavy atom. The molecule has 0 radical (unpaired) electrons. The van der Waals surface area contributed by atoms with Crippen molar-refractivity contribution in [3.63, 3.8) is 0 Å². The molecule has 0 spiro atoms. The summed E-state index contributed by atoms with van der Waals surface area (Å²) in [6, 6.07) is 10.8. The molecule has 0 unspecified atom stereocenters. The van der Waals surface area contributed by atoms with E-state index in [1.54, 1.807) is 18.2 Å². The fraction of sp³-hybridized carbons (Fsp3) is 0.0588. The molecule has 4 nitrogen and oxygen atoms in total. The van der Waals surface area contributed by atoms with Crippen molar-refractivity contribution in [1.29, 1.82) is 0 Å². The van der Waals surface area contributed by atoms with Crippen LogP contribution in [0.2, 0.25) is 5.02 Å². The summed E-state index contributed by atoms with van der Waals surface area (Å²) >= 11 is 5.81. The van der Waals surface area contributed by atoms with Crippen LogP contribution in [0.15, 0.2) is 53.1 Å². The van der Waals surface area contributed by atoms with Gasteiger partial charge in [0.05, 0.1) is 11.1 Å². The Hall–Kier alpha value is -2.73. The minimum atomic E-state index is -0.770. The Morgan fingerprint density at radius 1 is 1.17 bits per heavy atom. The fourth-order valence-corrected chi connectivity index (χ4v) is 2.22. The first-order valence-electron chi connectivity index (χ1n) is 6.86. The van der Waals surface area contributed by atoms with Crippen LogP contribution in [0.1, 0.15) is 16.1 Å². The molecule has 1 aromatic heterocycles. The third kappa shape index (κ3) is 3.60. The summed E-state index contributed by atoms with van der Waals surface area (Å²) in [4.78, 5) is 11.9. The second kappa shape index (κ2) is 6.80. The molecule has 0 saturated carbocycles. The monoisotopic (exact) mass is 349 g/mol. The van der Waals surface area contributed by atoms with Crippen molar-refractivity contribution in [3.8, 4) is 11.3 Å². The molecule has 2 aromatic carbocycles. The van der Waals surface area contributed by atoms with Crippen molar-refractivity contribution >= 4 is 17.6 Å². The smallest absolute Gasteiger partial charge is 0.338 e. The van der Waals surface area contributed by atoms with Crippen molar-refractivity contribution in [2.75, 3.05) is 0 Å². The average molecular weight is 350 g/mol. The van der Waals surface area contributed by atoms with Crippen LogP contribution in [-0.4, -0.2) is 11.1 Å². The summed E-state index contributed by atoms with van der Waals surface area (Å²) in [7, 11) is 0. The van der Waals surface area contributed by atoms with Gasteiger partial charge in [0.2, 0.25) is 0 Å². The molecule has 24 heavy (non-hydrogen) atoms. The maximum Gasteiger partial charge on any atom is 0.338 e. The van der Waals surface area contributed by atoms with Gasteiger partial charge in [-0.25, -0.2) is 13.6 Å². The van der Waals surface area contributed by atoms with Crippen molar-refractivity contribution < 1.29 is 22.8 Å². The molecule has 3 aromatic rings. The SMILES string of the molecule is O=C(OCc1cc(-c2ccc(F)cc2F)on1)c1cccc(Cl)c1. The van der Waals surface area contributed by atoms with Gasteiger partial charge in [0, 0.05) is 17.2 Å². The highest BCUT2D eigenvalue weighted by Crippen LogP contribution is 2.24. The number of hydrogen-bond acceptors (Lipinski definition) is 4. The van der Waals surface area contributed by atoms with Gasteiger partial charge in [-0.2, -0.15) is 0 Å². The van der Waals surface area contributed by atoms with Gasteiger partial charge in [-0.1, -0.05) is 22.8 Å². The Kier molecular flexibility index (Phi) is 4.57. The predicted molar refractivity (Wildman–Crippen MR) is 82.4 cm³/mol. The van der Waals surface area contributed by atoms with Crippen molar-refractivity contribution in [1.82, 2.24) is 5.16 Å². The van der Waals surface area contributed by atoms with E-state index >= 15 is 0 Å². The zero-order chi connectivity index (χ0) is 17.1. The standard InChI is InChI=1S/C17H10ClF2NO3/c18-11-3-1-2-10(6-11)17(22)23-9-13-8-16(24-21-13)14-5-4-12(19)7-15(14)20/h1-8H,9H2. The Labute approximate surface area is 140 Å². The minimum Gasteiger partial charge on any atom is -0.455 e. The topological polar surface area (TPSA) is 52.3 Å². The number of halogens is 3. The fourth-order valence-electron chi connectivity index (χ4n) is 2.03. The summed E-state index contributed by atoms with van der Waals surface area (Å²) < 4.78 is 36.7. The number of aromatic nitrogens is 1. The molecule has 0 aliphatic rings. The molecule has 0 atom stereocenters. The molecule has 0 aliphatic carbocycles. The summed E-state index contributed by atoms with van der Waals surface area (Å²) in [5.74, 6) is -1.92. The number of benzene rings is 2. The quantitative estimate of drug-likeness (QED) is 0.644. The third-order valence-electron chi connectivity index (χ3n) is 3.17. The lowest BCUT2D eigenvalue weighted by Crippen LogP contribution is -2.05. The summed E-state index contributed by atoms with van der Waals surface area (Å²) in [5.41, 5.74) is 0.663. The maximum absolute atomic E-state index is 13.7. The van der Waals surface area contributed by atoms with Gasteiger partial charge in [-0.05, 0) is 30.3 Å². The lowest BCUT2D eigenvalue weighted by Gasteiger charge is -2.02. The third-order valence-corrected chi connectivity index (χ3v) is 3.40. The molecule has 1 heterocycles.